The lowest BCUT2D eigenvalue weighted by molar-refractivity contribution is 0.625. The number of nitrogens with zero attached hydrogens (tertiary/aromatic N) is 4. The largest absolute Gasteiger partial charge is 0.396 e. The number of tetrazole rings is 1. The van der Waals surface area contributed by atoms with E-state index in [0.29, 0.717) is 11.3 Å². The second kappa shape index (κ2) is 5.10. The Kier molecular flexibility index (Phi) is 3.26. The molecule has 0 saturated heterocycles. The SMILES string of the molecule is Nc1ccc(-c2nnnn2-c2ccc(Cl)c(F)c2)cc1F. The molecule has 3 aromatic rings. The molecule has 0 spiro atoms. The summed E-state index contributed by atoms with van der Waals surface area (Å²) in [5.41, 5.74) is 6.24. The minimum atomic E-state index is -0.598. The summed E-state index contributed by atoms with van der Waals surface area (Å²) in [7, 11) is 0. The van der Waals surface area contributed by atoms with Gasteiger partial charge in [0.05, 0.1) is 16.4 Å². The fraction of sp³-hybridized carbons (Fsp3) is 0. The molecule has 0 aliphatic rings. The van der Waals surface area contributed by atoms with E-state index in [9.17, 15) is 8.78 Å². The van der Waals surface area contributed by atoms with Gasteiger partial charge in [-0.1, -0.05) is 11.6 Å². The first-order valence-corrected chi connectivity index (χ1v) is 6.23. The van der Waals surface area contributed by atoms with Crippen molar-refractivity contribution in [1.29, 1.82) is 0 Å². The molecule has 1 aromatic heterocycles. The first kappa shape index (κ1) is 13.4. The molecule has 2 N–H and O–H groups in total. The second-order valence-corrected chi connectivity index (χ2v) is 4.66. The number of halogens is 3. The smallest absolute Gasteiger partial charge is 0.187 e. The highest BCUT2D eigenvalue weighted by Crippen LogP contribution is 2.24. The third-order valence-electron chi connectivity index (χ3n) is 2.88. The zero-order chi connectivity index (χ0) is 15.0. The van der Waals surface area contributed by atoms with Crippen LogP contribution in [0.1, 0.15) is 0 Å². The van der Waals surface area contributed by atoms with Gasteiger partial charge in [-0.15, -0.1) is 5.10 Å². The molecule has 0 unspecified atom stereocenters. The number of rotatable bonds is 2. The summed E-state index contributed by atoms with van der Waals surface area (Å²) in [4.78, 5) is 0. The number of hydrogen-bond acceptors (Lipinski definition) is 4. The molecule has 106 valence electrons. The van der Waals surface area contributed by atoms with Gasteiger partial charge in [0, 0.05) is 11.6 Å². The van der Waals surface area contributed by atoms with Crippen LogP contribution in [-0.4, -0.2) is 20.2 Å². The molecule has 2 aromatic carbocycles. The van der Waals surface area contributed by atoms with Crippen LogP contribution in [0.4, 0.5) is 14.5 Å². The summed E-state index contributed by atoms with van der Waals surface area (Å²) in [6.07, 6.45) is 0. The van der Waals surface area contributed by atoms with Crippen LogP contribution in [-0.2, 0) is 0 Å². The molecule has 0 fully saturated rings. The Labute approximate surface area is 123 Å². The maximum atomic E-state index is 13.5. The molecule has 8 heteroatoms. The summed E-state index contributed by atoms with van der Waals surface area (Å²) in [5, 5.41) is 11.1. The van der Waals surface area contributed by atoms with E-state index in [-0.39, 0.29) is 16.5 Å². The van der Waals surface area contributed by atoms with Crippen molar-refractivity contribution in [2.45, 2.75) is 0 Å². The molecule has 0 radical (unpaired) electrons. The predicted molar refractivity (Wildman–Crippen MR) is 73.9 cm³/mol. The number of anilines is 1. The van der Waals surface area contributed by atoms with E-state index < -0.39 is 11.6 Å². The molecular formula is C13H8ClF2N5. The molecule has 0 atom stereocenters. The van der Waals surface area contributed by atoms with E-state index in [4.69, 9.17) is 17.3 Å². The molecule has 0 aliphatic heterocycles. The van der Waals surface area contributed by atoms with E-state index >= 15 is 0 Å². The average Bonchev–Trinajstić information content (AvgIpc) is 2.94. The van der Waals surface area contributed by atoms with Gasteiger partial charge in [0.15, 0.2) is 5.82 Å². The van der Waals surface area contributed by atoms with Crippen molar-refractivity contribution in [3.8, 4) is 17.1 Å². The van der Waals surface area contributed by atoms with Gasteiger partial charge >= 0.3 is 0 Å². The molecular weight excluding hydrogens is 300 g/mol. The van der Waals surface area contributed by atoms with Crippen molar-refractivity contribution >= 4 is 17.3 Å². The Morgan fingerprint density at radius 2 is 1.86 bits per heavy atom. The molecule has 5 nitrogen and oxygen atoms in total. The van der Waals surface area contributed by atoms with E-state index in [2.05, 4.69) is 15.5 Å². The highest BCUT2D eigenvalue weighted by molar-refractivity contribution is 6.30. The third-order valence-corrected chi connectivity index (χ3v) is 3.18. The van der Waals surface area contributed by atoms with Crippen LogP contribution < -0.4 is 5.73 Å². The molecule has 0 amide bonds. The van der Waals surface area contributed by atoms with E-state index in [1.807, 2.05) is 0 Å². The van der Waals surface area contributed by atoms with Crippen LogP contribution in [0.2, 0.25) is 5.02 Å². The van der Waals surface area contributed by atoms with Gasteiger partial charge in [-0.25, -0.2) is 8.78 Å². The molecule has 0 bridgehead atoms. The van der Waals surface area contributed by atoms with Gasteiger partial charge < -0.3 is 5.73 Å². The summed E-state index contributed by atoms with van der Waals surface area (Å²) >= 11 is 5.64. The quantitative estimate of drug-likeness (QED) is 0.739. The van der Waals surface area contributed by atoms with Crippen LogP contribution in [0.3, 0.4) is 0 Å². The van der Waals surface area contributed by atoms with Gasteiger partial charge in [0.25, 0.3) is 0 Å². The number of benzene rings is 2. The molecule has 21 heavy (non-hydrogen) atoms. The number of nitrogen functional groups attached to an aromatic ring is 1. The standard InChI is InChI=1S/C13H8ClF2N5/c14-9-3-2-8(6-10(9)15)21-13(18-19-20-21)7-1-4-12(17)11(16)5-7/h1-6H,17H2. The zero-order valence-electron chi connectivity index (χ0n) is 10.5. The average molecular weight is 308 g/mol. The molecule has 0 saturated carbocycles. The molecule has 3 rings (SSSR count). The fourth-order valence-electron chi connectivity index (χ4n) is 1.82. The topological polar surface area (TPSA) is 69.6 Å². The van der Waals surface area contributed by atoms with Gasteiger partial charge in [-0.05, 0) is 40.8 Å². The van der Waals surface area contributed by atoms with Crippen molar-refractivity contribution in [2.24, 2.45) is 0 Å². The van der Waals surface area contributed by atoms with Gasteiger partial charge in [0.2, 0.25) is 0 Å². The zero-order valence-corrected chi connectivity index (χ0v) is 11.2. The summed E-state index contributed by atoms with van der Waals surface area (Å²) in [6, 6.07) is 8.33. The van der Waals surface area contributed by atoms with Gasteiger partial charge in [0.1, 0.15) is 11.6 Å². The second-order valence-electron chi connectivity index (χ2n) is 4.25. The summed E-state index contributed by atoms with van der Waals surface area (Å²) < 4.78 is 28.4. The van der Waals surface area contributed by atoms with Crippen LogP contribution in [0.25, 0.3) is 17.1 Å². The van der Waals surface area contributed by atoms with Crippen molar-refractivity contribution in [2.75, 3.05) is 5.73 Å². The summed E-state index contributed by atoms with van der Waals surface area (Å²) in [6.45, 7) is 0. The first-order valence-electron chi connectivity index (χ1n) is 5.85. The maximum absolute atomic E-state index is 13.5. The maximum Gasteiger partial charge on any atom is 0.187 e. The number of aromatic nitrogens is 4. The Morgan fingerprint density at radius 3 is 2.57 bits per heavy atom. The highest BCUT2D eigenvalue weighted by Gasteiger charge is 2.13. The Balaban J connectivity index is 2.12. The lowest BCUT2D eigenvalue weighted by Crippen LogP contribution is -2.01. The molecule has 1 heterocycles. The van der Waals surface area contributed by atoms with Crippen LogP contribution >= 0.6 is 11.6 Å². The first-order chi connectivity index (χ1) is 10.1. The number of nitrogens with two attached hydrogens (primary N) is 1. The lowest BCUT2D eigenvalue weighted by Gasteiger charge is -2.06. The normalized spacial score (nSPS) is 10.8. The monoisotopic (exact) mass is 307 g/mol. The van der Waals surface area contributed by atoms with Crippen LogP contribution in [0, 0.1) is 11.6 Å². The van der Waals surface area contributed by atoms with Gasteiger partial charge in [-0.3, -0.25) is 0 Å². The highest BCUT2D eigenvalue weighted by atomic mass is 35.5. The minimum Gasteiger partial charge on any atom is -0.396 e. The van der Waals surface area contributed by atoms with Crippen LogP contribution in [0.5, 0.6) is 0 Å². The lowest BCUT2D eigenvalue weighted by atomic mass is 10.2. The summed E-state index contributed by atoms with van der Waals surface area (Å²) in [5.74, 6) is -0.918. The predicted octanol–water partition coefficient (Wildman–Crippen LogP) is 2.84. The Bertz CT molecular complexity index is 752. The number of hydrogen-bond donors (Lipinski definition) is 1. The van der Waals surface area contributed by atoms with E-state index in [0.717, 1.165) is 0 Å². The fourth-order valence-corrected chi connectivity index (χ4v) is 1.94. The van der Waals surface area contributed by atoms with Gasteiger partial charge in [-0.2, -0.15) is 4.68 Å². The van der Waals surface area contributed by atoms with Crippen LogP contribution in [0.15, 0.2) is 36.4 Å². The molecule has 0 aliphatic carbocycles. The van der Waals surface area contributed by atoms with Crippen molar-refractivity contribution < 1.29 is 8.78 Å². The van der Waals surface area contributed by atoms with Crippen molar-refractivity contribution in [3.05, 3.63) is 53.1 Å². The van der Waals surface area contributed by atoms with E-state index in [1.165, 1.54) is 28.9 Å². The minimum absolute atomic E-state index is 0.00750. The Morgan fingerprint density at radius 1 is 1.05 bits per heavy atom. The third kappa shape index (κ3) is 2.43. The van der Waals surface area contributed by atoms with E-state index in [1.54, 1.807) is 12.1 Å². The van der Waals surface area contributed by atoms with Crippen molar-refractivity contribution in [1.82, 2.24) is 20.2 Å². The van der Waals surface area contributed by atoms with Crippen molar-refractivity contribution in [3.63, 3.8) is 0 Å². The Hall–Kier alpha value is -2.54.